The van der Waals surface area contributed by atoms with Crippen LogP contribution in [0.4, 0.5) is 4.79 Å². The van der Waals surface area contributed by atoms with Crippen molar-refractivity contribution in [3.05, 3.63) is 89.5 Å². The van der Waals surface area contributed by atoms with Crippen molar-refractivity contribution in [3.8, 4) is 11.1 Å². The highest BCUT2D eigenvalue weighted by Crippen LogP contribution is 2.29. The largest absolute Gasteiger partial charge is 0.465 e. The summed E-state index contributed by atoms with van der Waals surface area (Å²) in [6.07, 6.45) is -0.862. The van der Waals surface area contributed by atoms with Crippen molar-refractivity contribution in [2.45, 2.75) is 62.9 Å². The number of esters is 1. The molecule has 1 atom stereocenters. The Bertz CT molecular complexity index is 1440. The highest BCUT2D eigenvalue weighted by atomic mass is 32.2. The van der Waals surface area contributed by atoms with Gasteiger partial charge in [0.15, 0.2) is 9.84 Å². The molecular formula is C32H39NO7S. The van der Waals surface area contributed by atoms with Crippen molar-refractivity contribution >= 4 is 21.9 Å². The molecule has 9 heteroatoms. The van der Waals surface area contributed by atoms with Crippen LogP contribution in [0, 0.1) is 0 Å². The van der Waals surface area contributed by atoms with Gasteiger partial charge in [-0.15, -0.1) is 0 Å². The van der Waals surface area contributed by atoms with Crippen LogP contribution in [0.1, 0.15) is 62.2 Å². The molecule has 0 saturated heterocycles. The zero-order valence-corrected chi connectivity index (χ0v) is 25.3. The van der Waals surface area contributed by atoms with Crippen LogP contribution in [-0.2, 0) is 25.7 Å². The second-order valence-corrected chi connectivity index (χ2v) is 13.6. The van der Waals surface area contributed by atoms with Gasteiger partial charge in [-0.2, -0.15) is 0 Å². The Labute approximate surface area is 242 Å². The first-order chi connectivity index (χ1) is 19.2. The Morgan fingerprint density at radius 3 is 2.10 bits per heavy atom. The quantitative estimate of drug-likeness (QED) is 0.300. The first-order valence-electron chi connectivity index (χ1n) is 13.5. The first kappa shape index (κ1) is 31.8. The zero-order chi connectivity index (χ0) is 30.4. The Morgan fingerprint density at radius 2 is 1.54 bits per heavy atom. The molecule has 3 aromatic rings. The monoisotopic (exact) mass is 581 g/mol. The summed E-state index contributed by atoms with van der Waals surface area (Å²) in [4.78, 5) is 26.7. The first-order valence-corrected chi connectivity index (χ1v) is 15.0. The fraction of sp³-hybridized carbons (Fsp3) is 0.375. The molecule has 1 amide bonds. The smallest absolute Gasteiger partial charge is 0.410 e. The predicted molar refractivity (Wildman–Crippen MR) is 158 cm³/mol. The maximum Gasteiger partial charge on any atom is 0.410 e. The second kappa shape index (κ2) is 13.3. The molecule has 0 radical (unpaired) electrons. The summed E-state index contributed by atoms with van der Waals surface area (Å²) in [5, 5.41) is 10.0. The lowest BCUT2D eigenvalue weighted by Gasteiger charge is -2.29. The van der Waals surface area contributed by atoms with E-state index in [9.17, 15) is 23.1 Å². The van der Waals surface area contributed by atoms with Crippen molar-refractivity contribution in [1.82, 2.24) is 4.90 Å². The highest BCUT2D eigenvalue weighted by molar-refractivity contribution is 7.92. The van der Waals surface area contributed by atoms with Gasteiger partial charge in [-0.05, 0) is 75.4 Å². The van der Waals surface area contributed by atoms with Crippen LogP contribution < -0.4 is 0 Å². The molecule has 0 aliphatic carbocycles. The van der Waals surface area contributed by atoms with E-state index in [1.54, 1.807) is 40.7 Å². The van der Waals surface area contributed by atoms with Gasteiger partial charge in [-0.1, -0.05) is 60.7 Å². The zero-order valence-electron chi connectivity index (χ0n) is 24.5. The van der Waals surface area contributed by atoms with Gasteiger partial charge in [-0.3, -0.25) is 0 Å². The molecule has 41 heavy (non-hydrogen) atoms. The minimum atomic E-state index is -3.74. The van der Waals surface area contributed by atoms with Crippen LogP contribution in [0.25, 0.3) is 11.1 Å². The minimum Gasteiger partial charge on any atom is -0.465 e. The third-order valence-corrected chi connectivity index (χ3v) is 8.69. The third kappa shape index (κ3) is 8.41. The number of methoxy groups -OCH3 is 1. The lowest BCUT2D eigenvalue weighted by Crippen LogP contribution is -2.40. The van der Waals surface area contributed by atoms with Crippen LogP contribution in [0.5, 0.6) is 0 Å². The van der Waals surface area contributed by atoms with Crippen molar-refractivity contribution in [2.75, 3.05) is 20.2 Å². The van der Waals surface area contributed by atoms with Crippen molar-refractivity contribution in [3.63, 3.8) is 0 Å². The molecule has 220 valence electrons. The maximum atomic E-state index is 13.0. The Kier molecular flexibility index (Phi) is 10.3. The maximum absolute atomic E-state index is 13.0. The molecule has 0 heterocycles. The second-order valence-electron chi connectivity index (χ2n) is 11.1. The Balaban J connectivity index is 1.81. The summed E-state index contributed by atoms with van der Waals surface area (Å²) in [6.45, 7) is 8.93. The SMILES string of the molecule is COC(=O)c1ccc(-c2ccc(CCN(C[C@H](O)c3ccccc3)C(=O)OC(C)(C)C)cc2)cc1S(=O)(=O)C(C)C. The number of rotatable bonds is 10. The molecular weight excluding hydrogens is 542 g/mol. The third-order valence-electron chi connectivity index (χ3n) is 6.50. The number of hydrogen-bond acceptors (Lipinski definition) is 7. The normalized spacial score (nSPS) is 12.6. The predicted octanol–water partition coefficient (Wildman–Crippen LogP) is 5.84. The molecule has 8 nitrogen and oxygen atoms in total. The van der Waals surface area contributed by atoms with Crippen LogP contribution >= 0.6 is 0 Å². The topological polar surface area (TPSA) is 110 Å². The lowest BCUT2D eigenvalue weighted by atomic mass is 10.0. The Morgan fingerprint density at radius 1 is 0.927 bits per heavy atom. The molecule has 0 aliphatic rings. The number of carbonyl (C=O) groups is 2. The summed E-state index contributed by atoms with van der Waals surface area (Å²) in [7, 11) is -2.53. The summed E-state index contributed by atoms with van der Waals surface area (Å²) in [5.74, 6) is -0.710. The average Bonchev–Trinajstić information content (AvgIpc) is 2.94. The van der Waals surface area contributed by atoms with Crippen LogP contribution in [-0.4, -0.2) is 61.5 Å². The van der Waals surface area contributed by atoms with E-state index in [4.69, 9.17) is 9.47 Å². The highest BCUT2D eigenvalue weighted by Gasteiger charge is 2.27. The fourth-order valence-electron chi connectivity index (χ4n) is 4.17. The van der Waals surface area contributed by atoms with E-state index < -0.39 is 38.9 Å². The number of sulfone groups is 1. The number of amides is 1. The van der Waals surface area contributed by atoms with Gasteiger partial charge < -0.3 is 19.5 Å². The fourth-order valence-corrected chi connectivity index (χ4v) is 5.43. The molecule has 0 aromatic heterocycles. The van der Waals surface area contributed by atoms with E-state index in [0.29, 0.717) is 24.1 Å². The van der Waals surface area contributed by atoms with E-state index >= 15 is 0 Å². The van der Waals surface area contributed by atoms with Crippen LogP contribution in [0.3, 0.4) is 0 Å². The number of aliphatic hydroxyl groups excluding tert-OH is 1. The average molecular weight is 582 g/mol. The van der Waals surface area contributed by atoms with Crippen molar-refractivity contribution < 1.29 is 32.6 Å². The van der Waals surface area contributed by atoms with Gasteiger partial charge in [0.05, 0.1) is 35.5 Å². The van der Waals surface area contributed by atoms with Crippen LogP contribution in [0.15, 0.2) is 77.7 Å². The number of nitrogens with zero attached hydrogens (tertiary/aromatic N) is 1. The van der Waals surface area contributed by atoms with Gasteiger partial charge >= 0.3 is 12.1 Å². The molecule has 1 N–H and O–H groups in total. The molecule has 3 aromatic carbocycles. The van der Waals surface area contributed by atoms with Crippen LogP contribution in [0.2, 0.25) is 0 Å². The summed E-state index contributed by atoms with van der Waals surface area (Å²) >= 11 is 0. The standard InChI is InChI=1S/C32H39NO7S/c1-22(2)41(37,38)29-20-26(16-17-27(29)30(35)39-6)24-14-12-23(13-15-24)18-19-33(31(36)40-32(3,4)5)21-28(34)25-10-8-7-9-11-25/h7-17,20,22,28,34H,18-19,21H2,1-6H3/t28-/m0/s1. The van der Waals surface area contributed by atoms with E-state index in [1.807, 2.05) is 54.6 Å². The summed E-state index contributed by atoms with van der Waals surface area (Å²) in [5.41, 5.74) is 2.39. The van der Waals surface area contributed by atoms with E-state index in [1.165, 1.54) is 24.1 Å². The van der Waals surface area contributed by atoms with Gasteiger partial charge in [0.2, 0.25) is 0 Å². The lowest BCUT2D eigenvalue weighted by molar-refractivity contribution is 0.0147. The Hall–Kier alpha value is -3.69. The summed E-state index contributed by atoms with van der Waals surface area (Å²) in [6, 6.07) is 21.4. The van der Waals surface area contributed by atoms with Crippen molar-refractivity contribution in [2.24, 2.45) is 0 Å². The van der Waals surface area contributed by atoms with Gasteiger partial charge in [0, 0.05) is 6.54 Å². The number of benzene rings is 3. The summed E-state index contributed by atoms with van der Waals surface area (Å²) < 4.78 is 36.4. The molecule has 0 unspecified atom stereocenters. The van der Waals surface area contributed by atoms with E-state index in [2.05, 4.69) is 0 Å². The molecule has 3 rings (SSSR count). The van der Waals surface area contributed by atoms with Gasteiger partial charge in [-0.25, -0.2) is 18.0 Å². The van der Waals surface area contributed by atoms with Gasteiger partial charge in [0.1, 0.15) is 5.60 Å². The van der Waals surface area contributed by atoms with E-state index in [-0.39, 0.29) is 17.0 Å². The molecule has 0 aliphatic heterocycles. The number of hydrogen-bond donors (Lipinski definition) is 1. The molecule has 0 spiro atoms. The minimum absolute atomic E-state index is 0.00138. The number of ether oxygens (including phenoxy) is 2. The molecule has 0 bridgehead atoms. The van der Waals surface area contributed by atoms with Gasteiger partial charge in [0.25, 0.3) is 0 Å². The number of carbonyl (C=O) groups excluding carboxylic acids is 2. The van der Waals surface area contributed by atoms with Crippen molar-refractivity contribution in [1.29, 1.82) is 0 Å². The molecule has 0 saturated carbocycles. The molecule has 0 fully saturated rings. The number of aliphatic hydroxyl groups is 1. The van der Waals surface area contributed by atoms with E-state index in [0.717, 1.165) is 11.1 Å².